The topological polar surface area (TPSA) is 71.3 Å². The van der Waals surface area contributed by atoms with E-state index in [1.807, 2.05) is 21.9 Å². The highest BCUT2D eigenvalue weighted by atomic mass is 32.2. The average molecular weight is 428 g/mol. The fraction of sp³-hybridized carbons (Fsp3) is 0.545. The Morgan fingerprint density at radius 2 is 1.83 bits per heavy atom. The fourth-order valence-corrected chi connectivity index (χ4v) is 4.89. The molecule has 0 unspecified atom stereocenters. The van der Waals surface area contributed by atoms with Crippen molar-refractivity contribution >= 4 is 23.6 Å². The highest BCUT2D eigenvalue weighted by molar-refractivity contribution is 7.99. The molecule has 1 aliphatic carbocycles. The summed E-state index contributed by atoms with van der Waals surface area (Å²) in [6, 6.07) is 8.21. The standard InChI is InChI=1S/C22H29N5O2S/c1-3-27-20(18-9-4-6-16(2)14-18)23-24-22(27)30-15-19(28)25-10-12-26(13-11-25)21(29)17-7-5-8-17/h4,6,9,14,17H,3,5,7-8,10-13,15H2,1-2H3. The molecule has 1 aliphatic heterocycles. The summed E-state index contributed by atoms with van der Waals surface area (Å²) in [5.74, 6) is 1.77. The number of piperazine rings is 1. The summed E-state index contributed by atoms with van der Waals surface area (Å²) in [5.41, 5.74) is 2.22. The lowest BCUT2D eigenvalue weighted by Crippen LogP contribution is -2.53. The largest absolute Gasteiger partial charge is 0.339 e. The van der Waals surface area contributed by atoms with Crippen LogP contribution in [-0.2, 0) is 16.1 Å². The SMILES string of the molecule is CCn1c(SCC(=O)N2CCN(C(=O)C3CCC3)CC2)nnc1-c1cccc(C)c1. The monoisotopic (exact) mass is 427 g/mol. The molecule has 0 bridgehead atoms. The van der Waals surface area contributed by atoms with Crippen molar-refractivity contribution in [3.63, 3.8) is 0 Å². The first-order chi connectivity index (χ1) is 14.6. The van der Waals surface area contributed by atoms with Gasteiger partial charge in [-0.05, 0) is 32.8 Å². The molecular weight excluding hydrogens is 398 g/mol. The third-order valence-corrected chi connectivity index (χ3v) is 6.98. The highest BCUT2D eigenvalue weighted by Gasteiger charge is 2.32. The molecule has 0 radical (unpaired) electrons. The Bertz CT molecular complexity index is 916. The number of hydrogen-bond donors (Lipinski definition) is 0. The molecular formula is C22H29N5O2S. The zero-order valence-corrected chi connectivity index (χ0v) is 18.5. The van der Waals surface area contributed by atoms with Crippen LogP contribution in [0.2, 0.25) is 0 Å². The highest BCUT2D eigenvalue weighted by Crippen LogP contribution is 2.29. The molecule has 8 heteroatoms. The van der Waals surface area contributed by atoms with Crippen molar-refractivity contribution in [3.05, 3.63) is 29.8 Å². The molecule has 0 atom stereocenters. The van der Waals surface area contributed by atoms with E-state index in [2.05, 4.69) is 40.7 Å². The van der Waals surface area contributed by atoms with Crippen molar-refractivity contribution in [1.29, 1.82) is 0 Å². The Kier molecular flexibility index (Phi) is 6.41. The van der Waals surface area contributed by atoms with Gasteiger partial charge in [0.25, 0.3) is 0 Å². The minimum atomic E-state index is 0.0958. The van der Waals surface area contributed by atoms with Crippen LogP contribution in [0.15, 0.2) is 29.4 Å². The normalized spacial score (nSPS) is 17.1. The van der Waals surface area contributed by atoms with Crippen LogP contribution in [0.5, 0.6) is 0 Å². The second-order valence-electron chi connectivity index (χ2n) is 8.04. The Balaban J connectivity index is 1.32. The molecule has 1 aromatic carbocycles. The van der Waals surface area contributed by atoms with Gasteiger partial charge in [-0.15, -0.1) is 10.2 Å². The lowest BCUT2D eigenvalue weighted by molar-refractivity contribution is -0.143. The molecule has 1 saturated heterocycles. The Labute approximate surface area is 181 Å². The predicted molar refractivity (Wildman–Crippen MR) is 117 cm³/mol. The van der Waals surface area contributed by atoms with Crippen molar-refractivity contribution in [2.75, 3.05) is 31.9 Å². The van der Waals surface area contributed by atoms with Gasteiger partial charge in [-0.3, -0.25) is 9.59 Å². The van der Waals surface area contributed by atoms with Gasteiger partial charge in [0.15, 0.2) is 11.0 Å². The summed E-state index contributed by atoms with van der Waals surface area (Å²) in [6.45, 7) is 7.40. The van der Waals surface area contributed by atoms with Gasteiger partial charge in [-0.1, -0.05) is 41.9 Å². The van der Waals surface area contributed by atoms with Crippen LogP contribution < -0.4 is 0 Å². The maximum Gasteiger partial charge on any atom is 0.233 e. The molecule has 0 spiro atoms. The molecule has 1 aromatic heterocycles. The molecule has 0 N–H and O–H groups in total. The molecule has 4 rings (SSSR count). The van der Waals surface area contributed by atoms with Gasteiger partial charge in [0.1, 0.15) is 0 Å². The Morgan fingerprint density at radius 1 is 1.10 bits per heavy atom. The second kappa shape index (κ2) is 9.20. The minimum absolute atomic E-state index is 0.0958. The van der Waals surface area contributed by atoms with Crippen LogP contribution in [-0.4, -0.2) is 68.3 Å². The number of aryl methyl sites for hydroxylation is 1. The minimum Gasteiger partial charge on any atom is -0.339 e. The molecule has 2 heterocycles. The molecule has 1 saturated carbocycles. The van der Waals surface area contributed by atoms with Gasteiger partial charge in [0.2, 0.25) is 11.8 Å². The first-order valence-electron chi connectivity index (χ1n) is 10.8. The summed E-state index contributed by atoms with van der Waals surface area (Å²) in [6.07, 6.45) is 3.22. The zero-order valence-electron chi connectivity index (χ0n) is 17.7. The number of amides is 2. The second-order valence-corrected chi connectivity index (χ2v) is 8.98. The van der Waals surface area contributed by atoms with E-state index in [4.69, 9.17) is 0 Å². The number of benzene rings is 1. The number of nitrogens with zero attached hydrogens (tertiary/aromatic N) is 5. The predicted octanol–water partition coefficient (Wildman–Crippen LogP) is 2.84. The first kappa shape index (κ1) is 20.9. The summed E-state index contributed by atoms with van der Waals surface area (Å²) in [4.78, 5) is 28.9. The molecule has 2 aliphatic rings. The van der Waals surface area contributed by atoms with E-state index < -0.39 is 0 Å². The van der Waals surface area contributed by atoms with Gasteiger partial charge in [0.05, 0.1) is 5.75 Å². The van der Waals surface area contributed by atoms with Gasteiger partial charge in [0, 0.05) is 44.2 Å². The molecule has 160 valence electrons. The van der Waals surface area contributed by atoms with Crippen LogP contribution in [0.4, 0.5) is 0 Å². The number of carbonyl (C=O) groups is 2. The summed E-state index contributed by atoms with van der Waals surface area (Å²) in [5, 5.41) is 9.47. The van der Waals surface area contributed by atoms with Crippen LogP contribution >= 0.6 is 11.8 Å². The zero-order chi connectivity index (χ0) is 21.1. The van der Waals surface area contributed by atoms with Crippen LogP contribution in [0.3, 0.4) is 0 Å². The van der Waals surface area contributed by atoms with Crippen LogP contribution in [0.25, 0.3) is 11.4 Å². The van der Waals surface area contributed by atoms with Crippen molar-refractivity contribution < 1.29 is 9.59 Å². The van der Waals surface area contributed by atoms with Gasteiger partial charge in [-0.25, -0.2) is 0 Å². The number of carbonyl (C=O) groups excluding carboxylic acids is 2. The van der Waals surface area contributed by atoms with E-state index in [1.165, 1.54) is 23.7 Å². The summed E-state index contributed by atoms with van der Waals surface area (Å²) in [7, 11) is 0. The number of hydrogen-bond acceptors (Lipinski definition) is 5. The fourth-order valence-electron chi connectivity index (χ4n) is 3.99. The van der Waals surface area contributed by atoms with Crippen molar-refractivity contribution in [2.24, 2.45) is 5.92 Å². The van der Waals surface area contributed by atoms with Gasteiger partial charge < -0.3 is 14.4 Å². The maximum atomic E-state index is 12.7. The Hall–Kier alpha value is -2.35. The molecule has 2 amide bonds. The first-order valence-corrected chi connectivity index (χ1v) is 11.7. The van der Waals surface area contributed by atoms with Gasteiger partial charge >= 0.3 is 0 Å². The van der Waals surface area contributed by atoms with Crippen molar-refractivity contribution in [1.82, 2.24) is 24.6 Å². The number of aromatic nitrogens is 3. The van der Waals surface area contributed by atoms with E-state index in [0.29, 0.717) is 31.9 Å². The Morgan fingerprint density at radius 3 is 2.47 bits per heavy atom. The van der Waals surface area contributed by atoms with Gasteiger partial charge in [-0.2, -0.15) is 0 Å². The van der Waals surface area contributed by atoms with E-state index >= 15 is 0 Å². The number of thioether (sulfide) groups is 1. The quantitative estimate of drug-likeness (QED) is 0.663. The van der Waals surface area contributed by atoms with Crippen LogP contribution in [0.1, 0.15) is 31.7 Å². The van der Waals surface area contributed by atoms with E-state index in [0.717, 1.165) is 35.9 Å². The average Bonchev–Trinajstić information content (AvgIpc) is 3.13. The summed E-state index contributed by atoms with van der Waals surface area (Å²) >= 11 is 1.44. The lowest BCUT2D eigenvalue weighted by atomic mass is 9.84. The number of rotatable bonds is 6. The molecule has 2 aromatic rings. The molecule has 2 fully saturated rings. The van der Waals surface area contributed by atoms with E-state index in [1.54, 1.807) is 0 Å². The molecule has 30 heavy (non-hydrogen) atoms. The smallest absolute Gasteiger partial charge is 0.233 e. The van der Waals surface area contributed by atoms with Crippen molar-refractivity contribution in [2.45, 2.75) is 44.8 Å². The van der Waals surface area contributed by atoms with E-state index in [9.17, 15) is 9.59 Å². The maximum absolute atomic E-state index is 12.7. The lowest BCUT2D eigenvalue weighted by Gasteiger charge is -2.38. The summed E-state index contributed by atoms with van der Waals surface area (Å²) < 4.78 is 2.06. The third kappa shape index (κ3) is 4.38. The van der Waals surface area contributed by atoms with E-state index in [-0.39, 0.29) is 17.7 Å². The third-order valence-electron chi connectivity index (χ3n) is 6.03. The molecule has 7 nitrogen and oxygen atoms in total. The van der Waals surface area contributed by atoms with Crippen molar-refractivity contribution in [3.8, 4) is 11.4 Å². The van der Waals surface area contributed by atoms with Crippen LogP contribution in [0, 0.1) is 12.8 Å².